The maximum atomic E-state index is 5.65. The molecule has 0 amide bonds. The van der Waals surface area contributed by atoms with Crippen LogP contribution in [0, 0.1) is 13.8 Å². The minimum atomic E-state index is 0. The van der Waals surface area contributed by atoms with Crippen molar-refractivity contribution in [1.29, 1.82) is 0 Å². The summed E-state index contributed by atoms with van der Waals surface area (Å²) < 4.78 is 5.65. The van der Waals surface area contributed by atoms with Crippen LogP contribution in [0.15, 0.2) is 6.07 Å². The Morgan fingerprint density at radius 3 is 2.53 bits per heavy atom. The van der Waals surface area contributed by atoms with E-state index in [1.165, 1.54) is 0 Å². The normalized spacial score (nSPS) is 19.7. The Balaban J connectivity index is 0.00000112. The van der Waals surface area contributed by atoms with E-state index in [2.05, 4.69) is 15.3 Å². The first-order valence-electron chi connectivity index (χ1n) is 4.94. The molecule has 1 aliphatic rings. The van der Waals surface area contributed by atoms with Gasteiger partial charge in [0.25, 0.3) is 0 Å². The van der Waals surface area contributed by atoms with Crippen molar-refractivity contribution in [2.45, 2.75) is 26.4 Å². The highest BCUT2D eigenvalue weighted by Crippen LogP contribution is 2.11. The number of aryl methyl sites for hydroxylation is 2. The summed E-state index contributed by atoms with van der Waals surface area (Å²) in [5, 5.41) is 3.24. The monoisotopic (exact) mass is 229 g/mol. The molecule has 1 atom stereocenters. The van der Waals surface area contributed by atoms with Crippen molar-refractivity contribution in [3.8, 4) is 6.01 Å². The van der Waals surface area contributed by atoms with Gasteiger partial charge in [0.1, 0.15) is 6.10 Å². The number of halogens is 1. The van der Waals surface area contributed by atoms with Crippen molar-refractivity contribution in [2.24, 2.45) is 0 Å². The molecule has 2 rings (SSSR count). The molecular formula is C10H16ClN3O. The molecule has 1 saturated heterocycles. The van der Waals surface area contributed by atoms with Gasteiger partial charge in [-0.15, -0.1) is 12.4 Å². The topological polar surface area (TPSA) is 47.0 Å². The average Bonchev–Trinajstić information content (AvgIpc) is 2.54. The number of nitrogens with zero attached hydrogens (tertiary/aromatic N) is 2. The van der Waals surface area contributed by atoms with Crippen LogP contribution in [0.4, 0.5) is 0 Å². The second kappa shape index (κ2) is 5.28. The van der Waals surface area contributed by atoms with E-state index >= 15 is 0 Å². The summed E-state index contributed by atoms with van der Waals surface area (Å²) in [5.41, 5.74) is 1.91. The van der Waals surface area contributed by atoms with E-state index in [-0.39, 0.29) is 18.5 Å². The van der Waals surface area contributed by atoms with E-state index in [1.54, 1.807) is 0 Å². The molecule has 0 aromatic carbocycles. The zero-order valence-corrected chi connectivity index (χ0v) is 9.80. The predicted octanol–water partition coefficient (Wildman–Crippen LogP) is 1.26. The largest absolute Gasteiger partial charge is 0.459 e. The molecule has 0 bridgehead atoms. The van der Waals surface area contributed by atoms with Gasteiger partial charge in [0, 0.05) is 17.9 Å². The third kappa shape index (κ3) is 3.32. The molecule has 15 heavy (non-hydrogen) atoms. The number of hydrogen-bond donors (Lipinski definition) is 1. The van der Waals surface area contributed by atoms with Crippen LogP contribution in [0.5, 0.6) is 6.01 Å². The predicted molar refractivity (Wildman–Crippen MR) is 60.7 cm³/mol. The van der Waals surface area contributed by atoms with Gasteiger partial charge in [-0.1, -0.05) is 0 Å². The number of rotatable bonds is 2. The average molecular weight is 230 g/mol. The highest BCUT2D eigenvalue weighted by atomic mass is 35.5. The first kappa shape index (κ1) is 12.2. The molecule has 84 valence electrons. The molecular weight excluding hydrogens is 214 g/mol. The fourth-order valence-electron chi connectivity index (χ4n) is 1.62. The molecule has 1 unspecified atom stereocenters. The number of hydrogen-bond acceptors (Lipinski definition) is 4. The Labute approximate surface area is 95.9 Å². The summed E-state index contributed by atoms with van der Waals surface area (Å²) in [6, 6.07) is 2.45. The summed E-state index contributed by atoms with van der Waals surface area (Å²) in [4.78, 5) is 8.47. The Morgan fingerprint density at radius 2 is 2.00 bits per heavy atom. The maximum absolute atomic E-state index is 5.65. The fourth-order valence-corrected chi connectivity index (χ4v) is 1.62. The van der Waals surface area contributed by atoms with E-state index in [1.807, 2.05) is 19.9 Å². The SMILES string of the molecule is Cc1cc(C)nc(OC2CCNC2)n1.Cl. The molecule has 4 nitrogen and oxygen atoms in total. The lowest BCUT2D eigenvalue weighted by Gasteiger charge is -2.10. The van der Waals surface area contributed by atoms with Gasteiger partial charge in [0.2, 0.25) is 0 Å². The molecule has 0 spiro atoms. The van der Waals surface area contributed by atoms with Gasteiger partial charge in [-0.3, -0.25) is 0 Å². The van der Waals surface area contributed by atoms with Crippen LogP contribution in [0.3, 0.4) is 0 Å². The van der Waals surface area contributed by atoms with Gasteiger partial charge in [0.05, 0.1) is 0 Å². The highest BCUT2D eigenvalue weighted by Gasteiger charge is 2.17. The summed E-state index contributed by atoms with van der Waals surface area (Å²) in [6.45, 7) is 5.83. The van der Waals surface area contributed by atoms with Crippen molar-refractivity contribution >= 4 is 12.4 Å². The lowest BCUT2D eigenvalue weighted by molar-refractivity contribution is 0.203. The van der Waals surface area contributed by atoms with Crippen molar-refractivity contribution in [1.82, 2.24) is 15.3 Å². The molecule has 1 aromatic heterocycles. The van der Waals surface area contributed by atoms with Gasteiger partial charge >= 0.3 is 6.01 Å². The number of ether oxygens (including phenoxy) is 1. The van der Waals surface area contributed by atoms with Gasteiger partial charge in [0.15, 0.2) is 0 Å². The lowest BCUT2D eigenvalue weighted by atomic mass is 10.3. The van der Waals surface area contributed by atoms with Crippen molar-refractivity contribution in [3.05, 3.63) is 17.5 Å². The molecule has 0 saturated carbocycles. The van der Waals surface area contributed by atoms with Crippen LogP contribution >= 0.6 is 12.4 Å². The third-order valence-corrected chi connectivity index (χ3v) is 2.25. The molecule has 1 aliphatic heterocycles. The molecule has 5 heteroatoms. The van der Waals surface area contributed by atoms with Gasteiger partial charge in [-0.05, 0) is 32.9 Å². The van der Waals surface area contributed by atoms with Crippen LogP contribution in [0.2, 0.25) is 0 Å². The summed E-state index contributed by atoms with van der Waals surface area (Å²) in [7, 11) is 0. The lowest BCUT2D eigenvalue weighted by Crippen LogP contribution is -2.20. The Hall–Kier alpha value is -0.870. The van der Waals surface area contributed by atoms with Crippen molar-refractivity contribution < 1.29 is 4.74 Å². The minimum absolute atomic E-state index is 0. The Bertz CT molecular complexity index is 306. The third-order valence-electron chi connectivity index (χ3n) is 2.25. The minimum Gasteiger partial charge on any atom is -0.459 e. The van der Waals surface area contributed by atoms with Gasteiger partial charge in [-0.25, -0.2) is 9.97 Å². The standard InChI is InChI=1S/C10H15N3O.ClH/c1-7-5-8(2)13-10(12-7)14-9-3-4-11-6-9;/h5,9,11H,3-4,6H2,1-2H3;1H. The van der Waals surface area contributed by atoms with E-state index in [4.69, 9.17) is 4.74 Å². The maximum Gasteiger partial charge on any atom is 0.317 e. The van der Waals surface area contributed by atoms with Gasteiger partial charge < -0.3 is 10.1 Å². The number of aromatic nitrogens is 2. The second-order valence-corrected chi connectivity index (χ2v) is 3.67. The van der Waals surface area contributed by atoms with Crippen LogP contribution in [0.1, 0.15) is 17.8 Å². The number of nitrogens with one attached hydrogen (secondary N) is 1. The van der Waals surface area contributed by atoms with Crippen LogP contribution in [-0.2, 0) is 0 Å². The Kier molecular flexibility index (Phi) is 4.29. The summed E-state index contributed by atoms with van der Waals surface area (Å²) in [6.07, 6.45) is 1.27. The van der Waals surface area contributed by atoms with E-state index in [0.29, 0.717) is 6.01 Å². The van der Waals surface area contributed by atoms with Crippen LogP contribution in [-0.4, -0.2) is 29.2 Å². The van der Waals surface area contributed by atoms with Crippen molar-refractivity contribution in [2.75, 3.05) is 13.1 Å². The van der Waals surface area contributed by atoms with Crippen LogP contribution in [0.25, 0.3) is 0 Å². The zero-order chi connectivity index (χ0) is 9.97. The van der Waals surface area contributed by atoms with E-state index in [9.17, 15) is 0 Å². The highest BCUT2D eigenvalue weighted by molar-refractivity contribution is 5.85. The zero-order valence-electron chi connectivity index (χ0n) is 8.99. The first-order valence-corrected chi connectivity index (χ1v) is 4.94. The Morgan fingerprint density at radius 1 is 1.33 bits per heavy atom. The van der Waals surface area contributed by atoms with Crippen LogP contribution < -0.4 is 10.1 Å². The summed E-state index contributed by atoms with van der Waals surface area (Å²) in [5.74, 6) is 0. The van der Waals surface area contributed by atoms with Crippen molar-refractivity contribution in [3.63, 3.8) is 0 Å². The first-order chi connectivity index (χ1) is 6.74. The molecule has 1 aromatic rings. The molecule has 1 N–H and O–H groups in total. The quantitative estimate of drug-likeness (QED) is 0.830. The fraction of sp³-hybridized carbons (Fsp3) is 0.600. The van der Waals surface area contributed by atoms with E-state index < -0.39 is 0 Å². The molecule has 0 aliphatic carbocycles. The van der Waals surface area contributed by atoms with E-state index in [0.717, 1.165) is 30.9 Å². The molecule has 2 heterocycles. The molecule has 1 fully saturated rings. The summed E-state index contributed by atoms with van der Waals surface area (Å²) >= 11 is 0. The second-order valence-electron chi connectivity index (χ2n) is 3.67. The smallest absolute Gasteiger partial charge is 0.317 e. The molecule has 0 radical (unpaired) electrons. The van der Waals surface area contributed by atoms with Gasteiger partial charge in [-0.2, -0.15) is 0 Å².